The third kappa shape index (κ3) is 2.86. The Kier molecular flexibility index (Phi) is 3.66. The fourth-order valence-electron chi connectivity index (χ4n) is 2.50. The smallest absolute Gasteiger partial charge is 0.303 e. The predicted octanol–water partition coefficient (Wildman–Crippen LogP) is 3.90. The van der Waals surface area contributed by atoms with Crippen molar-refractivity contribution in [3.05, 3.63) is 35.4 Å². The van der Waals surface area contributed by atoms with Crippen LogP contribution in [-0.4, -0.2) is 24.5 Å². The van der Waals surface area contributed by atoms with Crippen LogP contribution in [0.4, 0.5) is 13.2 Å². The summed E-state index contributed by atoms with van der Waals surface area (Å²) in [5.74, 6) is 0.355. The first kappa shape index (κ1) is 13.4. The zero-order valence-corrected chi connectivity index (χ0v) is 10.7. The third-order valence-corrected chi connectivity index (χ3v) is 3.90. The molecule has 1 fully saturated rings. The van der Waals surface area contributed by atoms with Crippen molar-refractivity contribution < 1.29 is 13.2 Å². The van der Waals surface area contributed by atoms with Crippen LogP contribution in [0.1, 0.15) is 36.8 Å². The van der Waals surface area contributed by atoms with Crippen LogP contribution in [0.15, 0.2) is 24.3 Å². The van der Waals surface area contributed by atoms with Crippen molar-refractivity contribution in [1.29, 1.82) is 0 Å². The quantitative estimate of drug-likeness (QED) is 0.737. The first-order valence-corrected chi connectivity index (χ1v) is 6.25. The highest BCUT2D eigenvalue weighted by atomic mass is 19.4. The molecule has 1 heterocycles. The summed E-state index contributed by atoms with van der Waals surface area (Å²) in [5, 5.41) is 0. The lowest BCUT2D eigenvalue weighted by molar-refractivity contribution is -0.137. The molecule has 1 aromatic rings. The van der Waals surface area contributed by atoms with Gasteiger partial charge in [0.2, 0.25) is 0 Å². The number of halogens is 3. The van der Waals surface area contributed by atoms with E-state index in [2.05, 4.69) is 18.9 Å². The van der Waals surface area contributed by atoms with Crippen molar-refractivity contribution in [1.82, 2.24) is 4.90 Å². The van der Waals surface area contributed by atoms with Gasteiger partial charge in [-0.05, 0) is 50.4 Å². The van der Waals surface area contributed by atoms with Crippen molar-refractivity contribution in [2.24, 2.45) is 0 Å². The predicted molar refractivity (Wildman–Crippen MR) is 65.5 cm³/mol. The molecule has 0 bridgehead atoms. The molecule has 0 radical (unpaired) electrons. The maximum Gasteiger partial charge on any atom is 0.416 e. The Morgan fingerprint density at radius 1 is 1.11 bits per heavy atom. The minimum Gasteiger partial charge on any atom is -0.303 e. The van der Waals surface area contributed by atoms with Gasteiger partial charge in [-0.25, -0.2) is 0 Å². The summed E-state index contributed by atoms with van der Waals surface area (Å²) in [7, 11) is 2.07. The molecule has 0 saturated carbocycles. The minimum atomic E-state index is -4.24. The monoisotopic (exact) mass is 257 g/mol. The highest BCUT2D eigenvalue weighted by Crippen LogP contribution is 2.33. The maximum absolute atomic E-state index is 12.5. The van der Waals surface area contributed by atoms with Crippen molar-refractivity contribution in [2.75, 3.05) is 13.6 Å². The Morgan fingerprint density at radius 2 is 1.72 bits per heavy atom. The Labute approximate surface area is 106 Å². The summed E-state index contributed by atoms with van der Waals surface area (Å²) >= 11 is 0. The highest BCUT2D eigenvalue weighted by Gasteiger charge is 2.30. The van der Waals surface area contributed by atoms with Gasteiger partial charge in [-0.1, -0.05) is 12.1 Å². The topological polar surface area (TPSA) is 3.24 Å². The molecule has 1 aromatic carbocycles. The first-order valence-electron chi connectivity index (χ1n) is 6.25. The molecule has 4 heteroatoms. The molecule has 0 aliphatic carbocycles. The summed E-state index contributed by atoms with van der Waals surface area (Å²) in [5.41, 5.74) is 0.450. The number of likely N-dealkylation sites (N-methyl/N-ethyl adjacent to an activating group) is 1. The molecule has 100 valence electrons. The van der Waals surface area contributed by atoms with E-state index in [9.17, 15) is 13.2 Å². The molecule has 1 aliphatic heterocycles. The van der Waals surface area contributed by atoms with Gasteiger partial charge in [0.15, 0.2) is 0 Å². The van der Waals surface area contributed by atoms with Crippen LogP contribution in [0.5, 0.6) is 0 Å². The van der Waals surface area contributed by atoms with E-state index in [1.54, 1.807) is 12.1 Å². The fraction of sp³-hybridized carbons (Fsp3) is 0.571. The van der Waals surface area contributed by atoms with E-state index in [-0.39, 0.29) is 0 Å². The molecule has 0 spiro atoms. The van der Waals surface area contributed by atoms with E-state index in [4.69, 9.17) is 0 Å². The molecule has 1 aliphatic rings. The normalized spacial score (nSPS) is 26.3. The molecule has 1 saturated heterocycles. The summed E-state index contributed by atoms with van der Waals surface area (Å²) in [4.78, 5) is 2.27. The molecular weight excluding hydrogens is 239 g/mol. The molecule has 0 N–H and O–H groups in total. The largest absolute Gasteiger partial charge is 0.416 e. The standard InChI is InChI=1S/C14H18F3N/c1-10-3-4-12(9-18(10)2)11-5-7-13(8-6-11)14(15,16)17/h5-8,10,12H,3-4,9H2,1-2H3. The van der Waals surface area contributed by atoms with Gasteiger partial charge in [0.25, 0.3) is 0 Å². The van der Waals surface area contributed by atoms with Crippen LogP contribution in [0, 0.1) is 0 Å². The van der Waals surface area contributed by atoms with Crippen molar-refractivity contribution in [3.8, 4) is 0 Å². The number of likely N-dealkylation sites (tertiary alicyclic amines) is 1. The molecular formula is C14H18F3N. The molecule has 0 aromatic heterocycles. The van der Waals surface area contributed by atoms with Gasteiger partial charge in [0.1, 0.15) is 0 Å². The van der Waals surface area contributed by atoms with Gasteiger partial charge in [-0.2, -0.15) is 13.2 Å². The Balaban J connectivity index is 2.11. The van der Waals surface area contributed by atoms with E-state index < -0.39 is 11.7 Å². The summed E-state index contributed by atoms with van der Waals surface area (Å²) in [6, 6.07) is 6.19. The zero-order valence-electron chi connectivity index (χ0n) is 10.7. The molecule has 18 heavy (non-hydrogen) atoms. The second-order valence-electron chi connectivity index (χ2n) is 5.18. The number of hydrogen-bond acceptors (Lipinski definition) is 1. The average molecular weight is 257 g/mol. The van der Waals surface area contributed by atoms with Gasteiger partial charge < -0.3 is 4.90 Å². The van der Waals surface area contributed by atoms with Crippen LogP contribution in [-0.2, 0) is 6.18 Å². The Morgan fingerprint density at radius 3 is 2.22 bits per heavy atom. The van der Waals surface area contributed by atoms with E-state index in [0.29, 0.717) is 12.0 Å². The fourth-order valence-corrected chi connectivity index (χ4v) is 2.50. The molecule has 0 amide bonds. The van der Waals surface area contributed by atoms with E-state index >= 15 is 0 Å². The highest BCUT2D eigenvalue weighted by molar-refractivity contribution is 5.27. The summed E-state index contributed by atoms with van der Waals surface area (Å²) in [6.07, 6.45) is -2.09. The Hall–Kier alpha value is -1.03. The second-order valence-corrected chi connectivity index (χ2v) is 5.18. The van der Waals surface area contributed by atoms with Gasteiger partial charge in [0.05, 0.1) is 5.56 Å². The van der Waals surface area contributed by atoms with E-state index in [1.807, 2.05) is 0 Å². The number of benzene rings is 1. The maximum atomic E-state index is 12.5. The van der Waals surface area contributed by atoms with Gasteiger partial charge in [0, 0.05) is 12.6 Å². The summed E-state index contributed by atoms with van der Waals surface area (Å²) in [6.45, 7) is 3.11. The van der Waals surface area contributed by atoms with Gasteiger partial charge in [-0.3, -0.25) is 0 Å². The first-order chi connectivity index (χ1) is 8.38. The SMILES string of the molecule is CC1CCC(c2ccc(C(F)(F)F)cc2)CN1C. The number of alkyl halides is 3. The van der Waals surface area contributed by atoms with E-state index in [0.717, 1.165) is 24.9 Å². The van der Waals surface area contributed by atoms with Crippen LogP contribution >= 0.6 is 0 Å². The number of rotatable bonds is 1. The lowest BCUT2D eigenvalue weighted by atomic mass is 9.88. The number of nitrogens with zero attached hydrogens (tertiary/aromatic N) is 1. The lowest BCUT2D eigenvalue weighted by Crippen LogP contribution is -2.37. The van der Waals surface area contributed by atoms with E-state index in [1.165, 1.54) is 12.1 Å². The van der Waals surface area contributed by atoms with Crippen molar-refractivity contribution in [3.63, 3.8) is 0 Å². The van der Waals surface area contributed by atoms with Crippen LogP contribution in [0.2, 0.25) is 0 Å². The Bertz CT molecular complexity index is 396. The zero-order chi connectivity index (χ0) is 13.3. The third-order valence-electron chi connectivity index (χ3n) is 3.90. The molecule has 2 rings (SSSR count). The van der Waals surface area contributed by atoms with Gasteiger partial charge >= 0.3 is 6.18 Å². The van der Waals surface area contributed by atoms with Crippen molar-refractivity contribution in [2.45, 2.75) is 37.9 Å². The average Bonchev–Trinajstić information content (AvgIpc) is 2.32. The second kappa shape index (κ2) is 4.92. The van der Waals surface area contributed by atoms with Gasteiger partial charge in [-0.15, -0.1) is 0 Å². The van der Waals surface area contributed by atoms with Crippen LogP contribution < -0.4 is 0 Å². The summed E-state index contributed by atoms with van der Waals surface area (Å²) < 4.78 is 37.4. The van der Waals surface area contributed by atoms with Crippen LogP contribution in [0.25, 0.3) is 0 Å². The molecule has 1 nitrogen and oxygen atoms in total. The molecule has 2 atom stereocenters. The number of hydrogen-bond donors (Lipinski definition) is 0. The lowest BCUT2D eigenvalue weighted by Gasteiger charge is -2.35. The van der Waals surface area contributed by atoms with Crippen LogP contribution in [0.3, 0.4) is 0 Å². The van der Waals surface area contributed by atoms with Crippen molar-refractivity contribution >= 4 is 0 Å². The number of piperidine rings is 1. The minimum absolute atomic E-state index is 0.355. The molecule has 2 unspecified atom stereocenters.